The lowest BCUT2D eigenvalue weighted by molar-refractivity contribution is -0.179. The van der Waals surface area contributed by atoms with Gasteiger partial charge in [-0.25, -0.2) is 0 Å². The Hall–Kier alpha value is -4.84. The SMILES string of the molecule is C.C.C.C.C.C.C.C.C.C.C.C.C.C.C.C.CC/C=N/OCCOCC(COCCO/N=C/CC)OCC(COC(COCCO/N=C/CC)COCCO/N=C/CC)OC(COC(COCCOCCC#N)COCCOCCC#N)COC(COCCOCCC#N)COCCOCCC#N. The van der Waals surface area contributed by atoms with Gasteiger partial charge in [-0.3, -0.25) is 0 Å². The normalized spacial score (nSPS) is 10.1. The van der Waals surface area contributed by atoms with E-state index in [1.54, 1.807) is 24.9 Å². The molecule has 0 aliphatic heterocycles. The van der Waals surface area contributed by atoms with Crippen LogP contribution in [0.5, 0.6) is 0 Å². The van der Waals surface area contributed by atoms with E-state index in [0.717, 1.165) is 25.7 Å². The Bertz CT molecular complexity index is 1540. The Morgan fingerprint density at radius 1 is 0.223 bits per heavy atom. The van der Waals surface area contributed by atoms with Gasteiger partial charge in [0.15, 0.2) is 0 Å². The van der Waals surface area contributed by atoms with Crippen LogP contribution >= 0.6 is 0 Å². The molecule has 628 valence electrons. The van der Waals surface area contributed by atoms with E-state index in [1.807, 2.05) is 27.7 Å². The van der Waals surface area contributed by atoms with Crippen molar-refractivity contribution in [3.05, 3.63) is 0 Å². The summed E-state index contributed by atoms with van der Waals surface area (Å²) >= 11 is 0. The molecule has 0 unspecified atom stereocenters. The highest BCUT2D eigenvalue weighted by atomic mass is 16.7. The summed E-state index contributed by atoms with van der Waals surface area (Å²) in [5, 5.41) is 51.4. The molecule has 0 bridgehead atoms. The molecule has 0 amide bonds. The smallest absolute Gasteiger partial charge is 0.140 e. The predicted molar refractivity (Wildman–Crippen MR) is 425 cm³/mol. The zero-order chi connectivity index (χ0) is 63.1. The first-order chi connectivity index (χ1) is 43.0. The average molecular weight is 1500 g/mol. The van der Waals surface area contributed by atoms with Crippen molar-refractivity contribution < 1.29 is 99.9 Å². The van der Waals surface area contributed by atoms with Crippen molar-refractivity contribution in [1.29, 1.82) is 21.0 Å². The van der Waals surface area contributed by atoms with Crippen molar-refractivity contribution in [2.24, 2.45) is 20.6 Å². The molecule has 0 saturated heterocycles. The van der Waals surface area contributed by atoms with Crippen molar-refractivity contribution in [3.8, 4) is 24.3 Å². The number of ether oxygens (including phenoxy) is 17. The largest absolute Gasteiger partial charge is 0.394 e. The van der Waals surface area contributed by atoms with E-state index in [2.05, 4.69) is 44.9 Å². The van der Waals surface area contributed by atoms with Gasteiger partial charge in [0.05, 0.1) is 235 Å². The number of nitrogens with zero attached hydrogens (tertiary/aromatic N) is 8. The summed E-state index contributed by atoms with van der Waals surface area (Å²) in [4.78, 5) is 21.3. The van der Waals surface area contributed by atoms with Gasteiger partial charge >= 0.3 is 0 Å². The highest BCUT2D eigenvalue weighted by Crippen LogP contribution is 2.12. The number of oxime groups is 4. The van der Waals surface area contributed by atoms with Gasteiger partial charge in [-0.05, 0) is 25.7 Å². The third-order valence-electron chi connectivity index (χ3n) is 10.4. The zero-order valence-corrected chi connectivity index (χ0v) is 52.2. The maximum Gasteiger partial charge on any atom is 0.140 e. The Balaban J connectivity index is -0.000000308. The summed E-state index contributed by atoms with van der Waals surface area (Å²) in [5.41, 5.74) is 0. The van der Waals surface area contributed by atoms with Crippen LogP contribution in [0.4, 0.5) is 0 Å². The summed E-state index contributed by atoms with van der Waals surface area (Å²) in [6.45, 7) is 13.1. The molecule has 103 heavy (non-hydrogen) atoms. The van der Waals surface area contributed by atoms with E-state index < -0.39 is 36.6 Å². The molecule has 0 atom stereocenters. The topological polar surface area (TPSA) is 338 Å². The highest BCUT2D eigenvalue weighted by molar-refractivity contribution is 5.56. The molecule has 29 heteroatoms. The lowest BCUT2D eigenvalue weighted by atomic mass is 10.3. The first-order valence-corrected chi connectivity index (χ1v) is 30.1. The van der Waals surface area contributed by atoms with Crippen LogP contribution in [0, 0.1) is 45.3 Å². The van der Waals surface area contributed by atoms with Gasteiger partial charge < -0.3 is 99.9 Å². The van der Waals surface area contributed by atoms with Crippen LogP contribution in [0.3, 0.4) is 0 Å². The van der Waals surface area contributed by atoms with E-state index >= 15 is 0 Å². The summed E-state index contributed by atoms with van der Waals surface area (Å²) < 4.78 is 103. The Labute approximate surface area is 634 Å². The van der Waals surface area contributed by atoms with Crippen LogP contribution < -0.4 is 0 Å². The lowest BCUT2D eigenvalue weighted by Gasteiger charge is -2.30. The summed E-state index contributed by atoms with van der Waals surface area (Å²) in [5.74, 6) is 0. The van der Waals surface area contributed by atoms with Gasteiger partial charge in [0.25, 0.3) is 0 Å². The van der Waals surface area contributed by atoms with Gasteiger partial charge in [-0.15, -0.1) is 0 Å². The molecule has 0 aromatic carbocycles. The minimum atomic E-state index is -0.834. The molecule has 0 aliphatic carbocycles. The average Bonchev–Trinajstić information content (AvgIpc) is 0.919. The number of rotatable bonds is 70. The fourth-order valence-electron chi connectivity index (χ4n) is 6.25. The molecular weight excluding hydrogens is 1340 g/mol. The predicted octanol–water partition coefficient (Wildman–Crippen LogP) is 15.0. The van der Waals surface area contributed by atoms with Crippen molar-refractivity contribution in [2.75, 3.05) is 211 Å². The van der Waals surface area contributed by atoms with Crippen LogP contribution in [-0.4, -0.2) is 273 Å². The molecule has 0 fully saturated rings. The van der Waals surface area contributed by atoms with Gasteiger partial charge in [0, 0.05) is 24.9 Å². The minimum absolute atomic E-state index is 0. The van der Waals surface area contributed by atoms with Gasteiger partial charge in [0.2, 0.25) is 0 Å². The Kier molecular flexibility index (Phi) is 165. The summed E-state index contributed by atoms with van der Waals surface area (Å²) in [6.07, 6.45) is 6.35. The van der Waals surface area contributed by atoms with Crippen LogP contribution in [0.2, 0.25) is 0 Å². The second kappa shape index (κ2) is 121. The molecular formula is C74H166N8O21. The number of hydrogen-bond acceptors (Lipinski definition) is 29. The third kappa shape index (κ3) is 106. The maximum atomic E-state index is 8.94. The first-order valence-electron chi connectivity index (χ1n) is 30.1. The molecule has 0 saturated carbocycles. The third-order valence-corrected chi connectivity index (χ3v) is 10.4. The standard InChI is InChI=1S/C58H102N8O21.16CH4/c1-5-17-63-83-37-33-75-45-55(46-76-34-38-84-64-18-6-2)81-51-58(52-82-56(47-77-35-39-85-65-19-7-3)48-78-36-40-86-66-20-8-4)87-57(49-79-53(41-71-29-25-67-21-9-13-59)42-72-30-26-68-22-10-14-60)50-80-54(43-73-31-27-69-23-11-15-61)44-74-32-28-70-24-12-16-62;;;;;;;;;;;;;;;;/h17-20,53-58H,5-12,21-52H2,1-4H3;16*1H4/b63-17+,64-18+,65-19+,66-20+;;;;;;;;;;;;;;;;. The number of hydrogen-bond donors (Lipinski definition) is 0. The van der Waals surface area contributed by atoms with E-state index in [9.17, 15) is 0 Å². The van der Waals surface area contributed by atoms with Crippen molar-refractivity contribution >= 4 is 24.9 Å². The van der Waals surface area contributed by atoms with E-state index in [4.69, 9.17) is 121 Å². The maximum absolute atomic E-state index is 8.94. The molecule has 0 rings (SSSR count). The summed E-state index contributed by atoms with van der Waals surface area (Å²) in [7, 11) is 0. The lowest BCUT2D eigenvalue weighted by Crippen LogP contribution is -2.42. The van der Waals surface area contributed by atoms with E-state index in [1.165, 1.54) is 0 Å². The fraction of sp³-hybridized carbons (Fsp3) is 0.892. The minimum Gasteiger partial charge on any atom is -0.394 e. The Morgan fingerprint density at radius 3 is 0.553 bits per heavy atom. The molecule has 0 aromatic rings. The summed E-state index contributed by atoms with van der Waals surface area (Å²) in [6, 6.07) is 8.22. The Morgan fingerprint density at radius 2 is 0.388 bits per heavy atom. The van der Waals surface area contributed by atoms with E-state index in [0.29, 0.717) is 0 Å². The van der Waals surface area contributed by atoms with Crippen LogP contribution in [0.15, 0.2) is 20.6 Å². The molecule has 0 aliphatic rings. The molecule has 0 N–H and O–H groups in total. The van der Waals surface area contributed by atoms with E-state index in [-0.39, 0.29) is 356 Å². The molecule has 0 aromatic heterocycles. The molecule has 0 radical (unpaired) electrons. The zero-order valence-electron chi connectivity index (χ0n) is 52.2. The van der Waals surface area contributed by atoms with Gasteiger partial charge in [-0.1, -0.05) is 167 Å². The second-order valence-corrected chi connectivity index (χ2v) is 18.0. The molecule has 0 heterocycles. The first kappa shape index (κ1) is 141. The van der Waals surface area contributed by atoms with Crippen LogP contribution in [0.25, 0.3) is 0 Å². The van der Waals surface area contributed by atoms with Crippen LogP contribution in [-0.2, 0) is 99.9 Å². The second-order valence-electron chi connectivity index (χ2n) is 18.0. The molecule has 29 nitrogen and oxygen atoms in total. The van der Waals surface area contributed by atoms with Crippen molar-refractivity contribution in [2.45, 2.75) is 235 Å². The van der Waals surface area contributed by atoms with Crippen LogP contribution in [0.1, 0.15) is 198 Å². The quantitative estimate of drug-likeness (QED) is 0.0310. The van der Waals surface area contributed by atoms with Gasteiger partial charge in [-0.2, -0.15) is 21.0 Å². The van der Waals surface area contributed by atoms with Crippen molar-refractivity contribution in [3.63, 3.8) is 0 Å². The van der Waals surface area contributed by atoms with Crippen molar-refractivity contribution in [1.82, 2.24) is 0 Å². The highest BCUT2D eigenvalue weighted by Gasteiger charge is 2.26. The molecule has 0 spiro atoms. The van der Waals surface area contributed by atoms with Gasteiger partial charge in [0.1, 0.15) is 63.1 Å². The monoisotopic (exact) mass is 1500 g/mol. The number of nitriles is 4. The fourth-order valence-corrected chi connectivity index (χ4v) is 6.25.